The van der Waals surface area contributed by atoms with Crippen molar-refractivity contribution in [2.75, 3.05) is 9.80 Å². The first-order valence-electron chi connectivity index (χ1n) is 18.8. The van der Waals surface area contributed by atoms with E-state index < -0.39 is 0 Å². The zero-order valence-electron chi connectivity index (χ0n) is 30.5. The van der Waals surface area contributed by atoms with Crippen molar-refractivity contribution in [3.8, 4) is 33.8 Å². The van der Waals surface area contributed by atoms with Crippen molar-refractivity contribution < 1.29 is 9.15 Å². The van der Waals surface area contributed by atoms with Gasteiger partial charge in [0.1, 0.15) is 5.58 Å². The van der Waals surface area contributed by atoms with Crippen LogP contribution in [0.3, 0.4) is 0 Å². The highest BCUT2D eigenvalue weighted by molar-refractivity contribution is 6.10. The van der Waals surface area contributed by atoms with Crippen molar-refractivity contribution in [1.82, 2.24) is 0 Å². The number of hydrogen-bond donors (Lipinski definition) is 0. The first-order chi connectivity index (χ1) is 27.0. The number of fused-ring (bicyclic) bond motifs is 7. The maximum absolute atomic E-state index is 6.59. The molecule has 2 aliphatic rings. The van der Waals surface area contributed by atoms with E-state index in [1.165, 1.54) is 27.9 Å². The van der Waals surface area contributed by atoms with Gasteiger partial charge in [-0.15, -0.1) is 0 Å². The Bertz CT molecular complexity index is 2930. The van der Waals surface area contributed by atoms with Crippen LogP contribution in [-0.4, -0.2) is 0 Å². The Hall–Kier alpha value is -7.04. The van der Waals surface area contributed by atoms with Gasteiger partial charge in [-0.2, -0.15) is 0 Å². The molecule has 11 rings (SSSR count). The lowest BCUT2D eigenvalue weighted by atomic mass is 9.72. The lowest BCUT2D eigenvalue weighted by Crippen LogP contribution is -2.32. The quantitative estimate of drug-likeness (QED) is 0.178. The maximum atomic E-state index is 6.59. The molecule has 1 aromatic heterocycles. The summed E-state index contributed by atoms with van der Waals surface area (Å²) in [5, 5.41) is 2.21. The van der Waals surface area contributed by atoms with Crippen molar-refractivity contribution in [1.29, 1.82) is 0 Å². The Labute approximate surface area is 320 Å². The number of para-hydroxylation sites is 5. The van der Waals surface area contributed by atoms with E-state index in [9.17, 15) is 0 Å². The van der Waals surface area contributed by atoms with Gasteiger partial charge in [0.2, 0.25) is 0 Å². The molecule has 0 saturated carbocycles. The molecule has 262 valence electrons. The second-order valence-corrected chi connectivity index (χ2v) is 15.0. The Morgan fingerprint density at radius 3 is 1.89 bits per heavy atom. The van der Waals surface area contributed by atoms with Gasteiger partial charge in [-0.05, 0) is 94.0 Å². The van der Waals surface area contributed by atoms with Gasteiger partial charge in [0.05, 0.1) is 22.7 Å². The molecule has 0 fully saturated rings. The average Bonchev–Trinajstić information content (AvgIpc) is 3.62. The third-order valence-corrected chi connectivity index (χ3v) is 11.4. The molecular weight excluding hydrogens is 673 g/mol. The number of ether oxygens (including phenoxy) is 1. The van der Waals surface area contributed by atoms with Crippen LogP contribution in [0, 0.1) is 0 Å². The van der Waals surface area contributed by atoms with E-state index in [4.69, 9.17) is 9.15 Å². The minimum absolute atomic E-state index is 0.205. The van der Waals surface area contributed by atoms with Crippen LogP contribution in [0.25, 0.3) is 44.2 Å². The molecule has 0 spiro atoms. The van der Waals surface area contributed by atoms with Crippen LogP contribution in [-0.2, 0) is 5.41 Å². The summed E-state index contributed by atoms with van der Waals surface area (Å²) in [6.07, 6.45) is 0. The van der Waals surface area contributed by atoms with Gasteiger partial charge in [0.15, 0.2) is 17.1 Å². The summed E-state index contributed by atoms with van der Waals surface area (Å²) in [6.45, 7) is 4.63. The lowest BCUT2D eigenvalue weighted by Gasteiger charge is -2.45. The number of benzene rings is 8. The number of rotatable bonds is 5. The standard InChI is InChI=1S/C51H36N2O2/c1-51(2)41-31-26-36(32-45(41)53-43-17-7-9-20-47(43)54-48-21-11-16-42(51)49(48)53)35-24-29-38(30-25-35)52(37-27-22-34(23-28-37)33-12-4-3-5-13-33)44-18-10-15-40-39-14-6-8-19-46(39)55-50(40)44/h3-32H,1-2H3. The first-order valence-corrected chi connectivity index (χ1v) is 18.8. The maximum Gasteiger partial charge on any atom is 0.159 e. The second-order valence-electron chi connectivity index (χ2n) is 15.0. The summed E-state index contributed by atoms with van der Waals surface area (Å²) in [4.78, 5) is 4.71. The van der Waals surface area contributed by atoms with Crippen LogP contribution in [0.1, 0.15) is 25.0 Å². The van der Waals surface area contributed by atoms with Crippen LogP contribution >= 0.6 is 0 Å². The second kappa shape index (κ2) is 12.0. The molecular formula is C51H36N2O2. The van der Waals surface area contributed by atoms with Crippen molar-refractivity contribution in [3.63, 3.8) is 0 Å². The van der Waals surface area contributed by atoms with Crippen molar-refractivity contribution in [2.45, 2.75) is 19.3 Å². The fraction of sp³-hybridized carbons (Fsp3) is 0.0588. The topological polar surface area (TPSA) is 28.9 Å². The molecule has 0 aliphatic carbocycles. The van der Waals surface area contributed by atoms with Gasteiger partial charge in [-0.25, -0.2) is 0 Å². The van der Waals surface area contributed by atoms with Crippen molar-refractivity contribution in [2.24, 2.45) is 0 Å². The highest BCUT2D eigenvalue weighted by Crippen LogP contribution is 2.60. The van der Waals surface area contributed by atoms with Crippen LogP contribution in [0.4, 0.5) is 34.1 Å². The molecule has 0 unspecified atom stereocenters. The van der Waals surface area contributed by atoms with Crippen LogP contribution in [0.15, 0.2) is 186 Å². The molecule has 0 N–H and O–H groups in total. The molecule has 8 aromatic carbocycles. The smallest absolute Gasteiger partial charge is 0.159 e. The van der Waals surface area contributed by atoms with Crippen LogP contribution in [0.5, 0.6) is 11.5 Å². The molecule has 0 amide bonds. The molecule has 0 radical (unpaired) electrons. The van der Waals surface area contributed by atoms with Gasteiger partial charge in [-0.1, -0.05) is 135 Å². The van der Waals surface area contributed by atoms with E-state index in [-0.39, 0.29) is 5.41 Å². The minimum atomic E-state index is -0.205. The molecule has 0 atom stereocenters. The van der Waals surface area contributed by atoms with Gasteiger partial charge >= 0.3 is 0 Å². The number of furan rings is 1. The van der Waals surface area contributed by atoms with E-state index in [0.29, 0.717) is 0 Å². The Morgan fingerprint density at radius 2 is 1.09 bits per heavy atom. The van der Waals surface area contributed by atoms with Gasteiger partial charge in [0, 0.05) is 27.6 Å². The SMILES string of the molecule is CC1(C)c2ccc(-c3ccc(N(c4ccc(-c5ccccc5)cc4)c4cccc5c4oc4ccccc45)cc3)cc2N2c3ccccc3Oc3cccc1c32. The van der Waals surface area contributed by atoms with E-state index in [1.54, 1.807) is 0 Å². The molecule has 9 aromatic rings. The zero-order valence-corrected chi connectivity index (χ0v) is 30.5. The van der Waals surface area contributed by atoms with E-state index in [0.717, 1.165) is 73.0 Å². The fourth-order valence-electron chi connectivity index (χ4n) is 8.70. The third-order valence-electron chi connectivity index (χ3n) is 11.4. The van der Waals surface area contributed by atoms with Gasteiger partial charge in [-0.3, -0.25) is 0 Å². The lowest BCUT2D eigenvalue weighted by molar-refractivity contribution is 0.471. The highest BCUT2D eigenvalue weighted by Gasteiger charge is 2.41. The minimum Gasteiger partial charge on any atom is -0.454 e. The molecule has 0 bridgehead atoms. The highest BCUT2D eigenvalue weighted by atomic mass is 16.5. The monoisotopic (exact) mass is 708 g/mol. The average molecular weight is 709 g/mol. The summed E-state index contributed by atoms with van der Waals surface area (Å²) >= 11 is 0. The van der Waals surface area contributed by atoms with Crippen molar-refractivity contribution >= 4 is 56.1 Å². The molecule has 3 heterocycles. The molecule has 55 heavy (non-hydrogen) atoms. The van der Waals surface area contributed by atoms with Gasteiger partial charge in [0.25, 0.3) is 0 Å². The van der Waals surface area contributed by atoms with Gasteiger partial charge < -0.3 is 19.0 Å². The summed E-state index contributed by atoms with van der Waals surface area (Å²) in [5.74, 6) is 1.75. The van der Waals surface area contributed by atoms with Crippen molar-refractivity contribution in [3.05, 3.63) is 193 Å². The number of hydrogen-bond acceptors (Lipinski definition) is 4. The Balaban J connectivity index is 1.03. The first kappa shape index (κ1) is 31.5. The Kier molecular flexibility index (Phi) is 6.86. The molecule has 2 aliphatic heterocycles. The van der Waals surface area contributed by atoms with E-state index in [2.05, 4.69) is 187 Å². The number of nitrogens with zero attached hydrogens (tertiary/aromatic N) is 2. The largest absolute Gasteiger partial charge is 0.454 e. The van der Waals surface area contributed by atoms with E-state index >= 15 is 0 Å². The summed E-state index contributed by atoms with van der Waals surface area (Å²) in [7, 11) is 0. The predicted octanol–water partition coefficient (Wildman–Crippen LogP) is 14.6. The zero-order chi connectivity index (χ0) is 36.7. The van der Waals surface area contributed by atoms with E-state index in [1.807, 2.05) is 18.2 Å². The van der Waals surface area contributed by atoms with Crippen LogP contribution < -0.4 is 14.5 Å². The normalized spacial score (nSPS) is 13.5. The molecule has 4 nitrogen and oxygen atoms in total. The predicted molar refractivity (Wildman–Crippen MR) is 226 cm³/mol. The summed E-state index contributed by atoms with van der Waals surface area (Å²) < 4.78 is 13.1. The van der Waals surface area contributed by atoms with Crippen LogP contribution in [0.2, 0.25) is 0 Å². The Morgan fingerprint density at radius 1 is 0.473 bits per heavy atom. The third kappa shape index (κ3) is 4.85. The molecule has 4 heteroatoms. The summed E-state index contributed by atoms with van der Waals surface area (Å²) in [5.41, 5.74) is 15.2. The number of anilines is 6. The fourth-order valence-corrected chi connectivity index (χ4v) is 8.70. The molecule has 0 saturated heterocycles. The summed E-state index contributed by atoms with van der Waals surface area (Å²) in [6, 6.07) is 64.7.